The first-order valence-corrected chi connectivity index (χ1v) is 8.24. The van der Waals surface area contributed by atoms with E-state index in [4.69, 9.17) is 0 Å². The summed E-state index contributed by atoms with van der Waals surface area (Å²) < 4.78 is 1.24. The quantitative estimate of drug-likeness (QED) is 0.817. The molecule has 0 aliphatic carbocycles. The lowest BCUT2D eigenvalue weighted by molar-refractivity contribution is -0.130. The number of aryl methyl sites for hydroxylation is 1. The lowest BCUT2D eigenvalue weighted by atomic mass is 10.1. The fraction of sp³-hybridized carbons (Fsp3) is 0.471. The van der Waals surface area contributed by atoms with Crippen molar-refractivity contribution >= 4 is 16.7 Å². The molecule has 0 saturated carbocycles. The number of amides is 1. The van der Waals surface area contributed by atoms with E-state index in [1.807, 2.05) is 11.9 Å². The molecule has 2 aromatic rings. The number of hydrogen-bond donors (Lipinski definition) is 2. The molecule has 1 unspecified atom stereocenters. The van der Waals surface area contributed by atoms with Crippen molar-refractivity contribution in [2.45, 2.75) is 19.4 Å². The Morgan fingerprint density at radius 3 is 2.79 bits per heavy atom. The van der Waals surface area contributed by atoms with Gasteiger partial charge < -0.3 is 10.2 Å². The van der Waals surface area contributed by atoms with E-state index in [2.05, 4.69) is 10.4 Å². The average molecular weight is 330 g/mol. The first-order valence-electron chi connectivity index (χ1n) is 8.24. The van der Waals surface area contributed by atoms with Gasteiger partial charge in [-0.1, -0.05) is 12.1 Å². The highest BCUT2D eigenvalue weighted by molar-refractivity contribution is 5.80. The molecule has 1 aliphatic rings. The number of carbonyl (C=O) groups excluding carboxylic acids is 1. The van der Waals surface area contributed by atoms with Gasteiger partial charge in [-0.3, -0.25) is 19.5 Å². The second kappa shape index (κ2) is 7.00. The summed E-state index contributed by atoms with van der Waals surface area (Å²) in [4.78, 5) is 38.6. The van der Waals surface area contributed by atoms with Gasteiger partial charge in [-0.15, -0.1) is 0 Å². The van der Waals surface area contributed by atoms with Crippen LogP contribution in [0.4, 0.5) is 0 Å². The standard InChI is InChI=1S/C17H22N4O3/c1-18-10-12-6-8-20(11-12)15(22)7-9-21-17(24)14-5-3-2-4-13(14)16(23)19-21/h2-5,12,18H,6-11H2,1H3,(H,19,23). The number of hydrogen-bond acceptors (Lipinski definition) is 4. The molecule has 0 bridgehead atoms. The summed E-state index contributed by atoms with van der Waals surface area (Å²) in [6.07, 6.45) is 1.21. The lowest BCUT2D eigenvalue weighted by Crippen LogP contribution is -2.34. The van der Waals surface area contributed by atoms with E-state index in [1.165, 1.54) is 4.68 Å². The molecule has 1 aromatic carbocycles. The minimum atomic E-state index is -0.312. The van der Waals surface area contributed by atoms with Gasteiger partial charge in [-0.25, -0.2) is 4.68 Å². The van der Waals surface area contributed by atoms with E-state index in [1.54, 1.807) is 24.3 Å². The molecule has 1 saturated heterocycles. The minimum Gasteiger partial charge on any atom is -0.342 e. The Bertz CT molecular complexity index is 855. The van der Waals surface area contributed by atoms with Gasteiger partial charge in [0.25, 0.3) is 11.1 Å². The summed E-state index contributed by atoms with van der Waals surface area (Å²) >= 11 is 0. The highest BCUT2D eigenvalue weighted by Gasteiger charge is 2.25. The number of fused-ring (bicyclic) bond motifs is 1. The van der Waals surface area contributed by atoms with Gasteiger partial charge in [0.2, 0.25) is 5.91 Å². The Labute approximate surface area is 139 Å². The van der Waals surface area contributed by atoms with Crippen molar-refractivity contribution in [1.29, 1.82) is 0 Å². The van der Waals surface area contributed by atoms with E-state index in [0.717, 1.165) is 26.1 Å². The minimum absolute atomic E-state index is 0.0227. The molecule has 7 heteroatoms. The highest BCUT2D eigenvalue weighted by Crippen LogP contribution is 2.16. The third-order valence-electron chi connectivity index (χ3n) is 4.56. The maximum Gasteiger partial charge on any atom is 0.273 e. The largest absolute Gasteiger partial charge is 0.342 e. The van der Waals surface area contributed by atoms with Crippen molar-refractivity contribution in [3.05, 3.63) is 45.0 Å². The first kappa shape index (κ1) is 16.4. The Hall–Kier alpha value is -2.41. The maximum absolute atomic E-state index is 12.4. The van der Waals surface area contributed by atoms with E-state index >= 15 is 0 Å². The van der Waals surface area contributed by atoms with Gasteiger partial charge in [-0.05, 0) is 38.1 Å². The molecule has 1 atom stereocenters. The number of H-pyrrole nitrogens is 1. The monoisotopic (exact) mass is 330 g/mol. The Morgan fingerprint density at radius 2 is 2.04 bits per heavy atom. The fourth-order valence-electron chi connectivity index (χ4n) is 3.28. The Morgan fingerprint density at radius 1 is 1.29 bits per heavy atom. The number of nitrogens with zero attached hydrogens (tertiary/aromatic N) is 2. The molecular formula is C17H22N4O3. The second-order valence-corrected chi connectivity index (χ2v) is 6.25. The average Bonchev–Trinajstić information content (AvgIpc) is 3.06. The molecule has 1 aromatic heterocycles. The molecule has 24 heavy (non-hydrogen) atoms. The van der Waals surface area contributed by atoms with E-state index in [9.17, 15) is 14.4 Å². The molecule has 3 rings (SSSR count). The summed E-state index contributed by atoms with van der Waals surface area (Å²) in [5, 5.41) is 6.45. The summed E-state index contributed by atoms with van der Waals surface area (Å²) in [6.45, 7) is 2.60. The normalized spacial score (nSPS) is 17.5. The third kappa shape index (κ3) is 3.26. The van der Waals surface area contributed by atoms with Crippen molar-refractivity contribution in [2.75, 3.05) is 26.7 Å². The Balaban J connectivity index is 1.70. The fourth-order valence-corrected chi connectivity index (χ4v) is 3.28. The number of aromatic nitrogens is 2. The van der Waals surface area contributed by atoms with Gasteiger partial charge >= 0.3 is 0 Å². The van der Waals surface area contributed by atoms with Crippen molar-refractivity contribution in [3.8, 4) is 0 Å². The van der Waals surface area contributed by atoms with Crippen LogP contribution in [0, 0.1) is 5.92 Å². The van der Waals surface area contributed by atoms with E-state index < -0.39 is 0 Å². The van der Waals surface area contributed by atoms with Crippen LogP contribution in [0.3, 0.4) is 0 Å². The summed E-state index contributed by atoms with van der Waals surface area (Å²) in [5.74, 6) is 0.511. The Kier molecular flexibility index (Phi) is 4.80. The van der Waals surface area contributed by atoms with Crippen LogP contribution in [-0.4, -0.2) is 47.3 Å². The molecule has 0 radical (unpaired) electrons. The van der Waals surface area contributed by atoms with Gasteiger partial charge in [-0.2, -0.15) is 0 Å². The zero-order chi connectivity index (χ0) is 17.1. The molecule has 1 aliphatic heterocycles. The lowest BCUT2D eigenvalue weighted by Gasteiger charge is -2.17. The summed E-state index contributed by atoms with van der Waals surface area (Å²) in [6, 6.07) is 6.70. The van der Waals surface area contributed by atoms with Crippen LogP contribution in [-0.2, 0) is 11.3 Å². The van der Waals surface area contributed by atoms with Crippen molar-refractivity contribution in [1.82, 2.24) is 20.0 Å². The number of nitrogens with one attached hydrogen (secondary N) is 2. The highest BCUT2D eigenvalue weighted by atomic mass is 16.2. The second-order valence-electron chi connectivity index (χ2n) is 6.25. The van der Waals surface area contributed by atoms with Crippen LogP contribution in [0.15, 0.2) is 33.9 Å². The van der Waals surface area contributed by atoms with Crippen molar-refractivity contribution < 1.29 is 4.79 Å². The van der Waals surface area contributed by atoms with Crippen LogP contribution in [0.25, 0.3) is 10.8 Å². The zero-order valence-electron chi connectivity index (χ0n) is 13.7. The topological polar surface area (TPSA) is 87.2 Å². The molecule has 1 amide bonds. The van der Waals surface area contributed by atoms with Crippen LogP contribution in [0.5, 0.6) is 0 Å². The maximum atomic E-state index is 12.4. The molecule has 128 valence electrons. The van der Waals surface area contributed by atoms with Gasteiger partial charge in [0.1, 0.15) is 0 Å². The number of benzene rings is 1. The number of likely N-dealkylation sites (tertiary alicyclic amines) is 1. The summed E-state index contributed by atoms with van der Waals surface area (Å²) in [5.41, 5.74) is -0.583. The predicted octanol–water partition coefficient (Wildman–Crippen LogP) is 0.148. The van der Waals surface area contributed by atoms with Crippen LogP contribution >= 0.6 is 0 Å². The van der Waals surface area contributed by atoms with E-state index in [-0.39, 0.29) is 30.0 Å². The zero-order valence-corrected chi connectivity index (χ0v) is 13.7. The van der Waals surface area contributed by atoms with Crippen molar-refractivity contribution in [3.63, 3.8) is 0 Å². The molecule has 0 spiro atoms. The van der Waals surface area contributed by atoms with Crippen molar-refractivity contribution in [2.24, 2.45) is 5.92 Å². The predicted molar refractivity (Wildman–Crippen MR) is 92.1 cm³/mol. The smallest absolute Gasteiger partial charge is 0.273 e. The van der Waals surface area contributed by atoms with Gasteiger partial charge in [0.05, 0.1) is 17.3 Å². The molecule has 2 N–H and O–H groups in total. The number of rotatable bonds is 5. The number of aromatic amines is 1. The van der Waals surface area contributed by atoms with Crippen LogP contribution in [0.2, 0.25) is 0 Å². The SMILES string of the molecule is CNCC1CCN(C(=O)CCn2[nH]c(=O)c3ccccc3c2=O)C1. The van der Waals surface area contributed by atoms with Crippen LogP contribution < -0.4 is 16.4 Å². The molecular weight excluding hydrogens is 308 g/mol. The van der Waals surface area contributed by atoms with Gasteiger partial charge in [0.15, 0.2) is 0 Å². The number of carbonyl (C=O) groups is 1. The first-order chi connectivity index (χ1) is 11.6. The molecule has 7 nitrogen and oxygen atoms in total. The third-order valence-corrected chi connectivity index (χ3v) is 4.56. The van der Waals surface area contributed by atoms with Gasteiger partial charge in [0, 0.05) is 19.5 Å². The summed E-state index contributed by atoms with van der Waals surface area (Å²) in [7, 11) is 1.91. The van der Waals surface area contributed by atoms with Crippen LogP contribution in [0.1, 0.15) is 12.8 Å². The van der Waals surface area contributed by atoms with E-state index in [0.29, 0.717) is 16.7 Å². The molecule has 2 heterocycles. The molecule has 1 fully saturated rings.